The van der Waals surface area contributed by atoms with E-state index in [-0.39, 0.29) is 0 Å². The van der Waals surface area contributed by atoms with Crippen molar-refractivity contribution in [2.45, 2.75) is 31.7 Å². The topological polar surface area (TPSA) is 24.9 Å². The second-order valence-corrected chi connectivity index (χ2v) is 6.70. The second kappa shape index (κ2) is 6.71. The molecule has 0 bridgehead atoms. The smallest absolute Gasteiger partial charge is 0.0410 e. The zero-order valence-corrected chi connectivity index (χ0v) is 13.9. The van der Waals surface area contributed by atoms with Gasteiger partial charge in [-0.05, 0) is 64.3 Å². The van der Waals surface area contributed by atoms with E-state index in [2.05, 4.69) is 69.6 Å². The van der Waals surface area contributed by atoms with Crippen LogP contribution in [0.4, 0.5) is 0 Å². The third-order valence-corrected chi connectivity index (χ3v) is 4.63. The number of benzene rings is 1. The Kier molecular flexibility index (Phi) is 4.71. The molecule has 1 N–H and O–H groups in total. The number of nitrogens with zero attached hydrogens (tertiary/aromatic N) is 1. The van der Waals surface area contributed by atoms with Gasteiger partial charge in [0.15, 0.2) is 0 Å². The maximum Gasteiger partial charge on any atom is 0.0410 e. The van der Waals surface area contributed by atoms with Crippen LogP contribution in [-0.2, 0) is 0 Å². The number of pyridine rings is 1. The van der Waals surface area contributed by atoms with Crippen LogP contribution in [0.15, 0.2) is 53.3 Å². The molecule has 21 heavy (non-hydrogen) atoms. The molecule has 0 radical (unpaired) electrons. The largest absolute Gasteiger partial charge is 0.310 e. The van der Waals surface area contributed by atoms with E-state index < -0.39 is 0 Å². The Balaban J connectivity index is 1.78. The summed E-state index contributed by atoms with van der Waals surface area (Å²) in [5.74, 6) is 1.36. The first-order valence-corrected chi connectivity index (χ1v) is 8.47. The number of halogens is 1. The van der Waals surface area contributed by atoms with Gasteiger partial charge in [0.1, 0.15) is 0 Å². The van der Waals surface area contributed by atoms with Gasteiger partial charge in [-0.15, -0.1) is 0 Å². The quantitative estimate of drug-likeness (QED) is 0.822. The van der Waals surface area contributed by atoms with E-state index >= 15 is 0 Å². The molecule has 3 atom stereocenters. The molecule has 2 nitrogen and oxygen atoms in total. The summed E-state index contributed by atoms with van der Waals surface area (Å²) < 4.78 is 1.06. The fraction of sp³-hybridized carbons (Fsp3) is 0.389. The Labute approximate surface area is 135 Å². The molecular formula is C18H21BrN2. The molecule has 1 saturated carbocycles. The number of nitrogens with one attached hydrogen (secondary N) is 1. The molecule has 1 aromatic carbocycles. The highest BCUT2D eigenvalue weighted by Gasteiger charge is 2.44. The Bertz CT molecular complexity index is 585. The van der Waals surface area contributed by atoms with Gasteiger partial charge in [0.2, 0.25) is 0 Å². The molecule has 110 valence electrons. The normalized spacial score (nSPS) is 22.0. The van der Waals surface area contributed by atoms with Crippen LogP contribution in [0.2, 0.25) is 0 Å². The Morgan fingerprint density at radius 3 is 2.81 bits per heavy atom. The summed E-state index contributed by atoms with van der Waals surface area (Å²) in [5, 5.41) is 3.71. The minimum atomic E-state index is 0.403. The molecule has 3 heteroatoms. The number of hydrogen-bond acceptors (Lipinski definition) is 2. The van der Waals surface area contributed by atoms with E-state index in [0.29, 0.717) is 17.9 Å². The highest BCUT2D eigenvalue weighted by molar-refractivity contribution is 9.10. The van der Waals surface area contributed by atoms with Crippen molar-refractivity contribution in [3.05, 3.63) is 64.4 Å². The highest BCUT2D eigenvalue weighted by Crippen LogP contribution is 2.54. The van der Waals surface area contributed by atoms with Crippen LogP contribution in [0.5, 0.6) is 0 Å². The van der Waals surface area contributed by atoms with Gasteiger partial charge in [0.25, 0.3) is 0 Å². The maximum atomic E-state index is 4.33. The Morgan fingerprint density at radius 2 is 2.10 bits per heavy atom. The lowest BCUT2D eigenvalue weighted by Crippen LogP contribution is -2.24. The highest BCUT2D eigenvalue weighted by atomic mass is 79.9. The summed E-state index contributed by atoms with van der Waals surface area (Å²) in [7, 11) is 0. The van der Waals surface area contributed by atoms with E-state index in [0.717, 1.165) is 17.4 Å². The fourth-order valence-electron chi connectivity index (χ4n) is 3.08. The van der Waals surface area contributed by atoms with Gasteiger partial charge >= 0.3 is 0 Å². The first-order valence-electron chi connectivity index (χ1n) is 7.68. The third kappa shape index (κ3) is 3.53. The summed E-state index contributed by atoms with van der Waals surface area (Å²) in [6.45, 7) is 3.26. The number of rotatable bonds is 6. The van der Waals surface area contributed by atoms with Crippen LogP contribution in [0.25, 0.3) is 0 Å². The lowest BCUT2D eigenvalue weighted by atomic mass is 10.00. The first-order chi connectivity index (χ1) is 10.3. The summed E-state index contributed by atoms with van der Waals surface area (Å²) >= 11 is 3.54. The van der Waals surface area contributed by atoms with Crippen LogP contribution >= 0.6 is 15.9 Å². The molecule has 1 aliphatic rings. The molecule has 0 aliphatic heterocycles. The van der Waals surface area contributed by atoms with Gasteiger partial charge in [-0.3, -0.25) is 4.98 Å². The van der Waals surface area contributed by atoms with Crippen molar-refractivity contribution < 1.29 is 0 Å². The van der Waals surface area contributed by atoms with Gasteiger partial charge < -0.3 is 5.32 Å². The van der Waals surface area contributed by atoms with E-state index in [1.54, 1.807) is 0 Å². The van der Waals surface area contributed by atoms with Crippen molar-refractivity contribution in [3.8, 4) is 0 Å². The van der Waals surface area contributed by atoms with Gasteiger partial charge in [-0.2, -0.15) is 0 Å². The molecule has 1 aliphatic carbocycles. The Morgan fingerprint density at radius 1 is 1.29 bits per heavy atom. The van der Waals surface area contributed by atoms with Crippen LogP contribution in [0.3, 0.4) is 0 Å². The maximum absolute atomic E-state index is 4.33. The minimum absolute atomic E-state index is 0.403. The van der Waals surface area contributed by atoms with Gasteiger partial charge in [0.05, 0.1) is 0 Å². The van der Waals surface area contributed by atoms with Gasteiger partial charge in [0, 0.05) is 22.9 Å². The van der Waals surface area contributed by atoms with E-state index in [4.69, 9.17) is 0 Å². The van der Waals surface area contributed by atoms with Crippen LogP contribution < -0.4 is 5.32 Å². The molecule has 1 aromatic heterocycles. The van der Waals surface area contributed by atoms with Crippen molar-refractivity contribution in [2.24, 2.45) is 5.92 Å². The summed E-state index contributed by atoms with van der Waals surface area (Å²) in [4.78, 5) is 4.33. The number of hydrogen-bond donors (Lipinski definition) is 1. The molecule has 3 rings (SSSR count). The average molecular weight is 345 g/mol. The standard InChI is InChI=1S/C18H21BrN2/c1-2-8-21-18(14-9-15(19)12-20-11-14)17-10-16(17)13-6-4-3-5-7-13/h3-7,9,11-12,16-18,21H,2,8,10H2,1H3. The Hall–Kier alpha value is -1.19. The number of aromatic nitrogens is 1. The lowest BCUT2D eigenvalue weighted by molar-refractivity contribution is 0.472. The van der Waals surface area contributed by atoms with Crippen molar-refractivity contribution >= 4 is 15.9 Å². The average Bonchev–Trinajstić information content (AvgIpc) is 3.29. The minimum Gasteiger partial charge on any atom is -0.310 e. The SMILES string of the molecule is CCCNC(c1cncc(Br)c1)C1CC1c1ccccc1. The van der Waals surface area contributed by atoms with E-state index in [1.165, 1.54) is 17.5 Å². The molecule has 1 fully saturated rings. The molecule has 2 aromatic rings. The molecule has 1 heterocycles. The van der Waals surface area contributed by atoms with Crippen LogP contribution in [0, 0.1) is 5.92 Å². The molecule has 0 spiro atoms. The second-order valence-electron chi connectivity index (χ2n) is 5.79. The predicted molar refractivity (Wildman–Crippen MR) is 90.3 cm³/mol. The summed E-state index contributed by atoms with van der Waals surface area (Å²) in [6.07, 6.45) is 6.26. The fourth-order valence-corrected chi connectivity index (χ4v) is 3.46. The van der Waals surface area contributed by atoms with Crippen molar-refractivity contribution in [3.63, 3.8) is 0 Å². The molecule has 0 saturated heterocycles. The van der Waals surface area contributed by atoms with Crippen molar-refractivity contribution in [2.75, 3.05) is 6.54 Å². The zero-order chi connectivity index (χ0) is 14.7. The first kappa shape index (κ1) is 14.7. The van der Waals surface area contributed by atoms with Crippen LogP contribution in [0.1, 0.15) is 42.9 Å². The van der Waals surface area contributed by atoms with E-state index in [9.17, 15) is 0 Å². The van der Waals surface area contributed by atoms with Crippen molar-refractivity contribution in [1.29, 1.82) is 0 Å². The van der Waals surface area contributed by atoms with Gasteiger partial charge in [-0.1, -0.05) is 37.3 Å². The van der Waals surface area contributed by atoms with Gasteiger partial charge in [-0.25, -0.2) is 0 Å². The summed E-state index contributed by atoms with van der Waals surface area (Å²) in [6, 6.07) is 13.5. The lowest BCUT2D eigenvalue weighted by Gasteiger charge is -2.19. The van der Waals surface area contributed by atoms with Crippen molar-refractivity contribution in [1.82, 2.24) is 10.3 Å². The molecule has 3 unspecified atom stereocenters. The monoisotopic (exact) mass is 344 g/mol. The zero-order valence-electron chi connectivity index (χ0n) is 12.3. The van der Waals surface area contributed by atoms with Crippen LogP contribution in [-0.4, -0.2) is 11.5 Å². The molecular weight excluding hydrogens is 324 g/mol. The summed E-state index contributed by atoms with van der Waals surface area (Å²) in [5.41, 5.74) is 2.76. The predicted octanol–water partition coefficient (Wildman–Crippen LogP) is 4.69. The molecule has 0 amide bonds. The third-order valence-electron chi connectivity index (χ3n) is 4.20. The van der Waals surface area contributed by atoms with E-state index in [1.807, 2.05) is 12.4 Å².